The number of sulfonamides is 1. The highest BCUT2D eigenvalue weighted by Gasteiger charge is 2.30. The number of carbonyl (C=O) groups excluding carboxylic acids is 2. The summed E-state index contributed by atoms with van der Waals surface area (Å²) in [5.74, 6) is 0.144. The molecule has 2 fully saturated rings. The number of Topliss-reactive ketones (excluding diaryl/α,β-unsaturated/α-hetero) is 1. The summed E-state index contributed by atoms with van der Waals surface area (Å²) in [4.78, 5) is 31.6. The Morgan fingerprint density at radius 2 is 1.61 bits per heavy atom. The Kier molecular flexibility index (Phi) is 11.2. The van der Waals surface area contributed by atoms with Crippen molar-refractivity contribution in [1.82, 2.24) is 35.6 Å². The first kappa shape index (κ1) is 34.5. The molecule has 3 heterocycles. The number of amides is 1. The second-order valence-corrected chi connectivity index (χ2v) is 14.8. The van der Waals surface area contributed by atoms with E-state index in [-0.39, 0.29) is 35.0 Å². The van der Waals surface area contributed by atoms with E-state index in [9.17, 15) is 18.0 Å². The lowest BCUT2D eigenvalue weighted by molar-refractivity contribution is -0.129. The molecule has 14 heteroatoms. The Hall–Kier alpha value is -4.37. The van der Waals surface area contributed by atoms with Crippen LogP contribution in [0.3, 0.4) is 0 Å². The number of H-pyrrole nitrogens is 1. The van der Waals surface area contributed by atoms with Crippen LogP contribution in [0, 0.1) is 17.8 Å². The highest BCUT2D eigenvalue weighted by Crippen LogP contribution is 2.31. The first-order chi connectivity index (χ1) is 23.8. The summed E-state index contributed by atoms with van der Waals surface area (Å²) in [6.07, 6.45) is 8.45. The van der Waals surface area contributed by atoms with E-state index in [2.05, 4.69) is 41.0 Å². The van der Waals surface area contributed by atoms with Gasteiger partial charge in [0.15, 0.2) is 0 Å². The lowest BCUT2D eigenvalue weighted by atomic mass is 9.77. The fourth-order valence-electron chi connectivity index (χ4n) is 6.69. The molecular formula is C35H43N9O4S. The van der Waals surface area contributed by atoms with Gasteiger partial charge in [-0.25, -0.2) is 13.1 Å². The zero-order chi connectivity index (χ0) is 34.2. The predicted molar refractivity (Wildman–Crippen MR) is 185 cm³/mol. The standard InChI is InChI=1S/C35H43N9O4S/c36-20-24-3-7-26(8-4-24)33(45)19-28(35(46)39-30-11-9-27(10-12-30)34-40-43-44-41-34)17-23-1-5-25(6-2-23)29-18-32(22-38-21-29)49(47,48)42-31-13-15-37-16-14-31/h1-2,5-6,9-12,18,21-22,24,26,28,31,37,42H,3-4,7-8,13-17,19-20,36H2,(H,39,46)(H,40,41,43,44)/t24?,26?,28-/m1/s1. The average Bonchev–Trinajstić information content (AvgIpc) is 3.68. The molecule has 4 aromatic rings. The largest absolute Gasteiger partial charge is 0.330 e. The Balaban J connectivity index is 1.16. The van der Waals surface area contributed by atoms with E-state index in [0.29, 0.717) is 36.0 Å². The Labute approximate surface area is 286 Å². The van der Waals surface area contributed by atoms with Crippen molar-refractivity contribution in [3.05, 3.63) is 72.6 Å². The van der Waals surface area contributed by atoms with E-state index in [1.54, 1.807) is 36.5 Å². The van der Waals surface area contributed by atoms with Gasteiger partial charge in [0.2, 0.25) is 21.8 Å². The molecule has 13 nitrogen and oxygen atoms in total. The zero-order valence-electron chi connectivity index (χ0n) is 27.3. The number of hydrogen-bond donors (Lipinski definition) is 5. The van der Waals surface area contributed by atoms with Gasteiger partial charge in [-0.1, -0.05) is 24.3 Å². The number of anilines is 1. The Morgan fingerprint density at radius 1 is 0.898 bits per heavy atom. The van der Waals surface area contributed by atoms with Crippen LogP contribution in [0.25, 0.3) is 22.5 Å². The number of aromatic amines is 1. The summed E-state index contributed by atoms with van der Waals surface area (Å²) in [5.41, 5.74) is 9.57. The first-order valence-electron chi connectivity index (χ1n) is 16.9. The van der Waals surface area contributed by atoms with Crippen molar-refractivity contribution in [2.75, 3.05) is 25.0 Å². The topological polar surface area (TPSA) is 198 Å². The number of rotatable bonds is 13. The number of nitrogens with one attached hydrogen (secondary N) is 4. The van der Waals surface area contributed by atoms with Crippen LogP contribution in [0.4, 0.5) is 5.69 Å². The summed E-state index contributed by atoms with van der Waals surface area (Å²) in [7, 11) is -3.72. The molecule has 2 aliphatic rings. The SMILES string of the molecule is NCC1CCC(C(=O)C[C@@H](Cc2ccc(-c3cncc(S(=O)(=O)NC4CCNCC4)c3)cc2)C(=O)Nc2ccc(-c3nn[nH]n3)cc2)CC1. The molecule has 0 bridgehead atoms. The van der Waals surface area contributed by atoms with Crippen molar-refractivity contribution in [2.24, 2.45) is 23.5 Å². The van der Waals surface area contributed by atoms with Gasteiger partial charge < -0.3 is 16.4 Å². The second-order valence-electron chi connectivity index (χ2n) is 13.1. The van der Waals surface area contributed by atoms with Crippen molar-refractivity contribution in [2.45, 2.75) is 62.3 Å². The molecule has 1 aliphatic heterocycles. The van der Waals surface area contributed by atoms with Crippen LogP contribution in [0.2, 0.25) is 0 Å². The summed E-state index contributed by atoms with van der Waals surface area (Å²) in [5, 5.41) is 20.2. The van der Waals surface area contributed by atoms with E-state index in [1.165, 1.54) is 6.20 Å². The highest BCUT2D eigenvalue weighted by atomic mass is 32.2. The maximum absolute atomic E-state index is 13.7. The molecule has 0 radical (unpaired) electrons. The zero-order valence-corrected chi connectivity index (χ0v) is 28.2. The molecule has 1 saturated carbocycles. The molecule has 2 aromatic carbocycles. The lowest BCUT2D eigenvalue weighted by Gasteiger charge is -2.27. The first-order valence-corrected chi connectivity index (χ1v) is 18.4. The summed E-state index contributed by atoms with van der Waals surface area (Å²) >= 11 is 0. The monoisotopic (exact) mass is 685 g/mol. The van der Waals surface area contributed by atoms with Gasteiger partial charge in [0.25, 0.3) is 0 Å². The molecule has 0 spiro atoms. The molecule has 6 rings (SSSR count). The second kappa shape index (κ2) is 15.9. The predicted octanol–water partition coefficient (Wildman–Crippen LogP) is 3.48. The van der Waals surface area contributed by atoms with E-state index in [4.69, 9.17) is 5.73 Å². The van der Waals surface area contributed by atoms with E-state index >= 15 is 0 Å². The number of piperidine rings is 1. The summed E-state index contributed by atoms with van der Waals surface area (Å²) < 4.78 is 29.0. The number of ketones is 1. The highest BCUT2D eigenvalue weighted by molar-refractivity contribution is 7.89. The Bertz CT molecular complexity index is 1800. The maximum atomic E-state index is 13.7. The number of tetrazole rings is 1. The number of benzene rings is 2. The fraction of sp³-hybridized carbons (Fsp3) is 0.429. The molecule has 1 atom stereocenters. The van der Waals surface area contributed by atoms with Crippen molar-refractivity contribution in [1.29, 1.82) is 0 Å². The minimum Gasteiger partial charge on any atom is -0.330 e. The number of pyridine rings is 1. The van der Waals surface area contributed by atoms with Crippen LogP contribution < -0.4 is 21.1 Å². The van der Waals surface area contributed by atoms with Crippen LogP contribution in [-0.4, -0.2) is 71.4 Å². The quantitative estimate of drug-likeness (QED) is 0.139. The van der Waals surface area contributed by atoms with Gasteiger partial charge in [-0.3, -0.25) is 14.6 Å². The average molecular weight is 686 g/mol. The van der Waals surface area contributed by atoms with Gasteiger partial charge in [0.05, 0.1) is 0 Å². The molecule has 6 N–H and O–H groups in total. The molecule has 0 unspecified atom stereocenters. The summed E-state index contributed by atoms with van der Waals surface area (Å²) in [6.45, 7) is 2.19. The van der Waals surface area contributed by atoms with Gasteiger partial charge in [-0.05, 0) is 117 Å². The third-order valence-electron chi connectivity index (χ3n) is 9.66. The number of nitrogens with two attached hydrogens (primary N) is 1. The van der Waals surface area contributed by atoms with E-state index < -0.39 is 15.9 Å². The van der Waals surface area contributed by atoms with Crippen molar-refractivity contribution < 1.29 is 18.0 Å². The molecule has 2 aromatic heterocycles. The molecular weight excluding hydrogens is 643 g/mol. The van der Waals surface area contributed by atoms with Crippen LogP contribution in [0.15, 0.2) is 71.9 Å². The molecule has 258 valence electrons. The van der Waals surface area contributed by atoms with Crippen LogP contribution in [0.1, 0.15) is 50.5 Å². The van der Waals surface area contributed by atoms with E-state index in [1.807, 2.05) is 24.3 Å². The maximum Gasteiger partial charge on any atom is 0.242 e. The van der Waals surface area contributed by atoms with Crippen molar-refractivity contribution in [3.63, 3.8) is 0 Å². The van der Waals surface area contributed by atoms with Crippen LogP contribution in [0.5, 0.6) is 0 Å². The molecule has 1 amide bonds. The van der Waals surface area contributed by atoms with Gasteiger partial charge >= 0.3 is 0 Å². The van der Waals surface area contributed by atoms with E-state index in [0.717, 1.165) is 68.3 Å². The van der Waals surface area contributed by atoms with Gasteiger partial charge in [-0.15, -0.1) is 10.2 Å². The number of carbonyl (C=O) groups is 2. The minimum atomic E-state index is -3.72. The fourth-order valence-corrected chi connectivity index (χ4v) is 7.98. The van der Waals surface area contributed by atoms with Gasteiger partial charge in [-0.2, -0.15) is 5.21 Å². The summed E-state index contributed by atoms with van der Waals surface area (Å²) in [6, 6.07) is 16.3. The minimum absolute atomic E-state index is 0.0601. The molecule has 1 saturated heterocycles. The molecule has 49 heavy (non-hydrogen) atoms. The third kappa shape index (κ3) is 9.01. The number of hydrogen-bond acceptors (Lipinski definition) is 10. The third-order valence-corrected chi connectivity index (χ3v) is 11.2. The van der Waals surface area contributed by atoms with Crippen LogP contribution >= 0.6 is 0 Å². The van der Waals surface area contributed by atoms with Gasteiger partial charge in [0, 0.05) is 53.5 Å². The van der Waals surface area contributed by atoms with Crippen molar-refractivity contribution >= 4 is 27.4 Å². The normalized spacial score (nSPS) is 19.3. The smallest absolute Gasteiger partial charge is 0.242 e. The Morgan fingerprint density at radius 3 is 2.29 bits per heavy atom. The lowest BCUT2D eigenvalue weighted by Crippen LogP contribution is -2.42. The van der Waals surface area contributed by atoms with Gasteiger partial charge in [0.1, 0.15) is 10.7 Å². The molecule has 1 aliphatic carbocycles. The number of nitrogens with zero attached hydrogens (tertiary/aromatic N) is 4. The van der Waals surface area contributed by atoms with Crippen LogP contribution in [-0.2, 0) is 26.0 Å². The number of aromatic nitrogens is 5. The van der Waals surface area contributed by atoms with Crippen molar-refractivity contribution in [3.8, 4) is 22.5 Å².